The van der Waals surface area contributed by atoms with E-state index in [0.717, 1.165) is 61.3 Å². The van der Waals surface area contributed by atoms with Crippen LogP contribution in [0.5, 0.6) is 5.75 Å². The molecule has 0 amide bonds. The molecule has 1 N–H and O–H groups in total. The minimum absolute atomic E-state index is 0.0475. The first-order chi connectivity index (χ1) is 14.7. The molecule has 31 heavy (non-hydrogen) atoms. The molecule has 1 aromatic rings. The zero-order chi connectivity index (χ0) is 22.5. The fraction of sp³-hybridized carbons (Fsp3) is 0.577. The van der Waals surface area contributed by atoms with E-state index < -0.39 is 11.8 Å². The van der Waals surface area contributed by atoms with Gasteiger partial charge in [-0.15, -0.1) is 0 Å². The summed E-state index contributed by atoms with van der Waals surface area (Å²) in [6.07, 6.45) is 8.15. The second kappa shape index (κ2) is 7.92. The largest absolute Gasteiger partial charge is 0.507 e. The van der Waals surface area contributed by atoms with E-state index in [0.29, 0.717) is 17.6 Å². The molecule has 1 aromatic carbocycles. The molecular formula is C26H32O5. The van der Waals surface area contributed by atoms with Crippen LogP contribution in [0.1, 0.15) is 78.9 Å². The highest BCUT2D eigenvalue weighted by atomic mass is 16.5. The summed E-state index contributed by atoms with van der Waals surface area (Å²) in [5, 5.41) is 11.2. The van der Waals surface area contributed by atoms with Crippen LogP contribution in [-0.4, -0.2) is 29.8 Å². The fourth-order valence-corrected chi connectivity index (χ4v) is 7.12. The van der Waals surface area contributed by atoms with Gasteiger partial charge < -0.3 is 9.84 Å². The van der Waals surface area contributed by atoms with Gasteiger partial charge in [0.05, 0.1) is 12.7 Å². The molecule has 0 aromatic heterocycles. The van der Waals surface area contributed by atoms with Crippen molar-refractivity contribution in [2.75, 3.05) is 7.11 Å². The van der Waals surface area contributed by atoms with E-state index in [4.69, 9.17) is 0 Å². The van der Waals surface area contributed by atoms with E-state index in [1.54, 1.807) is 13.0 Å². The van der Waals surface area contributed by atoms with Crippen molar-refractivity contribution < 1.29 is 24.2 Å². The van der Waals surface area contributed by atoms with Crippen molar-refractivity contribution in [2.24, 2.45) is 23.2 Å². The summed E-state index contributed by atoms with van der Waals surface area (Å²) < 4.78 is 4.56. The summed E-state index contributed by atoms with van der Waals surface area (Å²) in [4.78, 5) is 36.4. The average molecular weight is 425 g/mol. The SMILES string of the molecule is COC(=O)/C=C/C(=O)c1cc(C)c2c(c1O)[C@H]1CC[C@]3(C)[C@@H](C(C)=O)CC[C@H]3[C@@H]1CC2. The number of Topliss-reactive ketones (excluding diaryl/α,β-unsaturated/α-hetero) is 1. The zero-order valence-corrected chi connectivity index (χ0v) is 18.9. The molecule has 0 saturated heterocycles. The Kier molecular flexibility index (Phi) is 5.57. The maximum atomic E-state index is 12.7. The first-order valence-corrected chi connectivity index (χ1v) is 11.3. The summed E-state index contributed by atoms with van der Waals surface area (Å²) >= 11 is 0. The number of hydrogen-bond acceptors (Lipinski definition) is 5. The number of carbonyl (C=O) groups is 3. The van der Waals surface area contributed by atoms with Crippen molar-refractivity contribution in [3.05, 3.63) is 40.5 Å². The van der Waals surface area contributed by atoms with E-state index >= 15 is 0 Å². The third kappa shape index (κ3) is 3.42. The first kappa shape index (κ1) is 21.8. The predicted octanol–water partition coefficient (Wildman–Crippen LogP) is 4.67. The lowest BCUT2D eigenvalue weighted by atomic mass is 9.53. The number of carbonyl (C=O) groups excluding carboxylic acids is 3. The molecule has 0 aliphatic heterocycles. The van der Waals surface area contributed by atoms with Gasteiger partial charge in [-0.1, -0.05) is 6.92 Å². The first-order valence-electron chi connectivity index (χ1n) is 11.3. The van der Waals surface area contributed by atoms with Crippen molar-refractivity contribution in [3.63, 3.8) is 0 Å². The van der Waals surface area contributed by atoms with Crippen molar-refractivity contribution in [3.8, 4) is 5.75 Å². The molecule has 0 spiro atoms. The Balaban J connectivity index is 1.71. The van der Waals surface area contributed by atoms with E-state index in [-0.39, 0.29) is 28.6 Å². The van der Waals surface area contributed by atoms with Gasteiger partial charge in [-0.2, -0.15) is 0 Å². The average Bonchev–Trinajstić information content (AvgIpc) is 3.11. The molecule has 0 bridgehead atoms. The minimum atomic E-state index is -0.601. The zero-order valence-electron chi connectivity index (χ0n) is 18.9. The highest BCUT2D eigenvalue weighted by Crippen LogP contribution is 2.64. The summed E-state index contributed by atoms with van der Waals surface area (Å²) in [5.41, 5.74) is 3.41. The predicted molar refractivity (Wildman–Crippen MR) is 117 cm³/mol. The lowest BCUT2D eigenvalue weighted by Gasteiger charge is -2.51. The van der Waals surface area contributed by atoms with E-state index in [1.807, 2.05) is 6.92 Å². The van der Waals surface area contributed by atoms with Crippen molar-refractivity contribution in [1.29, 1.82) is 0 Å². The molecule has 5 nitrogen and oxygen atoms in total. The molecule has 4 rings (SSSR count). The topological polar surface area (TPSA) is 80.7 Å². The van der Waals surface area contributed by atoms with Gasteiger partial charge >= 0.3 is 5.97 Å². The molecule has 166 valence electrons. The van der Waals surface area contributed by atoms with Gasteiger partial charge in [0.2, 0.25) is 0 Å². The van der Waals surface area contributed by atoms with Crippen LogP contribution in [0.3, 0.4) is 0 Å². The normalized spacial score (nSPS) is 31.6. The summed E-state index contributed by atoms with van der Waals surface area (Å²) in [6, 6.07) is 1.74. The number of aryl methyl sites for hydroxylation is 1. The van der Waals surface area contributed by atoms with Gasteiger partial charge in [0.25, 0.3) is 0 Å². The lowest BCUT2D eigenvalue weighted by molar-refractivity contribution is -0.134. The number of phenolic OH excluding ortho intramolecular Hbond substituents is 1. The maximum Gasteiger partial charge on any atom is 0.330 e. The number of fused-ring (bicyclic) bond motifs is 5. The van der Waals surface area contributed by atoms with E-state index in [9.17, 15) is 19.5 Å². The maximum absolute atomic E-state index is 12.7. The highest BCUT2D eigenvalue weighted by Gasteiger charge is 2.56. The van der Waals surface area contributed by atoms with E-state index in [2.05, 4.69) is 11.7 Å². The smallest absolute Gasteiger partial charge is 0.330 e. The molecule has 0 radical (unpaired) electrons. The van der Waals surface area contributed by atoms with Gasteiger partial charge in [-0.05, 0) is 98.8 Å². The van der Waals surface area contributed by atoms with Gasteiger partial charge in [0, 0.05) is 17.6 Å². The van der Waals surface area contributed by atoms with Crippen LogP contribution in [0.15, 0.2) is 18.2 Å². The number of esters is 1. The molecular weight excluding hydrogens is 392 g/mol. The summed E-state index contributed by atoms with van der Waals surface area (Å²) in [7, 11) is 1.26. The van der Waals surface area contributed by atoms with Gasteiger partial charge in [0.15, 0.2) is 5.78 Å². The number of ketones is 2. The molecule has 2 saturated carbocycles. The Labute approximate surface area is 183 Å². The third-order valence-electron chi connectivity index (χ3n) is 8.54. The quantitative estimate of drug-likeness (QED) is 0.431. The number of allylic oxidation sites excluding steroid dienone is 1. The van der Waals surface area contributed by atoms with Crippen LogP contribution < -0.4 is 0 Å². The Morgan fingerprint density at radius 3 is 2.58 bits per heavy atom. The molecule has 3 aliphatic rings. The second-order valence-corrected chi connectivity index (χ2v) is 9.90. The number of phenols is 1. The van der Waals surface area contributed by atoms with E-state index in [1.165, 1.54) is 13.2 Å². The number of benzene rings is 1. The summed E-state index contributed by atoms with van der Waals surface area (Å²) in [5.74, 6) is 0.645. The third-order valence-corrected chi connectivity index (χ3v) is 8.54. The molecule has 5 atom stereocenters. The molecule has 0 unspecified atom stereocenters. The van der Waals surface area contributed by atoms with Crippen LogP contribution in [0.4, 0.5) is 0 Å². The highest BCUT2D eigenvalue weighted by molar-refractivity contribution is 6.09. The number of aromatic hydroxyl groups is 1. The molecule has 2 fully saturated rings. The summed E-state index contributed by atoms with van der Waals surface area (Å²) in [6.45, 7) is 6.02. The molecule has 5 heteroatoms. The number of ether oxygens (including phenoxy) is 1. The van der Waals surface area contributed by atoms with Crippen LogP contribution in [0.25, 0.3) is 0 Å². The number of methoxy groups -OCH3 is 1. The number of rotatable bonds is 4. The van der Waals surface area contributed by atoms with Gasteiger partial charge in [-0.3, -0.25) is 9.59 Å². The standard InChI is InChI=1S/C26H32O5/c1-14-13-19(22(28)9-10-23(29)31-4)25(30)24-16(14)5-6-17-18(24)11-12-26(3)20(15(2)27)7-8-21(17)26/h9-10,13,17-18,20-21,30H,5-8,11-12H2,1-4H3/b10-9+/t17-,18+,20-,21+,26-/m1/s1. The van der Waals surface area contributed by atoms with Crippen LogP contribution in [0, 0.1) is 30.1 Å². The van der Waals surface area contributed by atoms with Crippen LogP contribution in [0.2, 0.25) is 0 Å². The fourth-order valence-electron chi connectivity index (χ4n) is 7.12. The molecule has 0 heterocycles. The van der Waals surface area contributed by atoms with Crippen molar-refractivity contribution in [2.45, 2.75) is 65.2 Å². The molecule has 3 aliphatic carbocycles. The number of hydrogen-bond donors (Lipinski definition) is 1. The Bertz CT molecular complexity index is 974. The second-order valence-electron chi connectivity index (χ2n) is 9.90. The Hall–Kier alpha value is -2.43. The van der Waals surface area contributed by atoms with Crippen LogP contribution >= 0.6 is 0 Å². The van der Waals surface area contributed by atoms with Gasteiger partial charge in [0.1, 0.15) is 11.5 Å². The van der Waals surface area contributed by atoms with Crippen LogP contribution in [-0.2, 0) is 20.7 Å². The van der Waals surface area contributed by atoms with Crippen molar-refractivity contribution in [1.82, 2.24) is 0 Å². The monoisotopic (exact) mass is 424 g/mol. The van der Waals surface area contributed by atoms with Crippen molar-refractivity contribution >= 4 is 17.5 Å². The Morgan fingerprint density at radius 2 is 1.90 bits per heavy atom. The minimum Gasteiger partial charge on any atom is -0.507 e. The van der Waals surface area contributed by atoms with Gasteiger partial charge in [-0.25, -0.2) is 4.79 Å². The Morgan fingerprint density at radius 1 is 1.16 bits per heavy atom. The lowest BCUT2D eigenvalue weighted by Crippen LogP contribution is -2.43.